The maximum Gasteiger partial charge on any atom is 0.187 e. The molecule has 0 aromatic carbocycles. The van der Waals surface area contributed by atoms with Crippen LogP contribution in [-0.4, -0.2) is 212 Å². The van der Waals surface area contributed by atoms with Crippen molar-refractivity contribution in [3.05, 3.63) is 0 Å². The van der Waals surface area contributed by atoms with E-state index in [1.54, 1.807) is 23.5 Å². The van der Waals surface area contributed by atoms with Gasteiger partial charge in [-0.05, 0) is 37.2 Å². The number of ether oxygens (including phenoxy) is 8. The van der Waals surface area contributed by atoms with Gasteiger partial charge in [0.2, 0.25) is 0 Å². The zero-order valence-corrected chi connectivity index (χ0v) is 34.8. The Balaban J connectivity index is 0.000000300. The summed E-state index contributed by atoms with van der Waals surface area (Å²) < 4.78 is 44.7. The Morgan fingerprint density at radius 3 is 1.05 bits per heavy atom. The predicted octanol–water partition coefficient (Wildman–Crippen LogP) is -1.85. The normalized spacial score (nSPS) is 44.6. The van der Waals surface area contributed by atoms with E-state index in [1.807, 2.05) is 27.7 Å². The molecule has 4 aliphatic rings. The molecule has 0 radical (unpaired) electrons. The molecule has 4 heterocycles. The minimum absolute atomic E-state index is 0.337. The molecule has 0 spiro atoms. The van der Waals surface area contributed by atoms with E-state index in [9.17, 15) is 51.1 Å². The Bertz CT molecular complexity index is 990. The summed E-state index contributed by atoms with van der Waals surface area (Å²) in [4.78, 5) is 0. The molecule has 332 valence electrons. The van der Waals surface area contributed by atoms with Crippen LogP contribution in [0, 0.1) is 11.8 Å². The summed E-state index contributed by atoms with van der Waals surface area (Å²) in [6, 6.07) is 0. The molecule has 4 aliphatic heterocycles. The third kappa shape index (κ3) is 12.5. The second-order valence-corrected chi connectivity index (χ2v) is 16.7. The maximum atomic E-state index is 10.6. The van der Waals surface area contributed by atoms with Gasteiger partial charge in [0.1, 0.15) is 48.8 Å². The molecule has 4 fully saturated rings. The van der Waals surface area contributed by atoms with E-state index >= 15 is 0 Å². The minimum atomic E-state index is -1.36. The summed E-state index contributed by atoms with van der Waals surface area (Å²) in [5, 5.41) is 102. The second-order valence-electron chi connectivity index (χ2n) is 14.4. The van der Waals surface area contributed by atoms with Gasteiger partial charge in [0.25, 0.3) is 0 Å². The van der Waals surface area contributed by atoms with Crippen molar-refractivity contribution in [2.24, 2.45) is 11.8 Å². The van der Waals surface area contributed by atoms with Gasteiger partial charge in [-0.2, -0.15) is 23.5 Å². The highest BCUT2D eigenvalue weighted by Gasteiger charge is 2.52. The number of aliphatic hydroxyl groups is 10. The largest absolute Gasteiger partial charge is 0.394 e. The van der Waals surface area contributed by atoms with Crippen LogP contribution in [0.1, 0.15) is 53.4 Å². The first-order valence-electron chi connectivity index (χ1n) is 19.6. The van der Waals surface area contributed by atoms with Gasteiger partial charge in [0, 0.05) is 37.6 Å². The molecule has 10 N–H and O–H groups in total. The first kappa shape index (κ1) is 50.3. The molecular weight excluding hydrogens is 785 g/mol. The second kappa shape index (κ2) is 25.0. The molecule has 0 amide bonds. The fraction of sp³-hybridized carbons (Fsp3) is 1.00. The van der Waals surface area contributed by atoms with E-state index in [4.69, 9.17) is 37.9 Å². The van der Waals surface area contributed by atoms with Crippen LogP contribution in [0.3, 0.4) is 0 Å². The van der Waals surface area contributed by atoms with Gasteiger partial charge in [-0.1, -0.05) is 27.7 Å². The van der Waals surface area contributed by atoms with Crippen LogP contribution in [0.4, 0.5) is 0 Å². The van der Waals surface area contributed by atoms with Crippen molar-refractivity contribution in [1.29, 1.82) is 0 Å². The number of thioether (sulfide) groups is 2. The summed E-state index contributed by atoms with van der Waals surface area (Å²) in [7, 11) is 2.75. The Morgan fingerprint density at radius 2 is 0.768 bits per heavy atom. The van der Waals surface area contributed by atoms with E-state index in [0.29, 0.717) is 24.3 Å². The Morgan fingerprint density at radius 1 is 0.446 bits per heavy atom. The van der Waals surface area contributed by atoms with Crippen molar-refractivity contribution >= 4 is 23.5 Å². The molecule has 20 atom stereocenters. The van der Waals surface area contributed by atoms with Crippen LogP contribution in [0.25, 0.3) is 0 Å². The fourth-order valence-corrected chi connectivity index (χ4v) is 9.28. The molecule has 18 nitrogen and oxygen atoms in total. The van der Waals surface area contributed by atoms with Crippen molar-refractivity contribution < 1.29 is 89.0 Å². The number of hydrogen-bond acceptors (Lipinski definition) is 20. The van der Waals surface area contributed by atoms with Crippen molar-refractivity contribution in [3.8, 4) is 0 Å². The Hall–Kier alpha value is -0.0200. The molecule has 0 aromatic heterocycles. The average molecular weight is 853 g/mol. The third-order valence-electron chi connectivity index (χ3n) is 10.6. The lowest BCUT2D eigenvalue weighted by molar-refractivity contribution is -0.349. The van der Waals surface area contributed by atoms with Gasteiger partial charge in [-0.15, -0.1) is 0 Å². The molecule has 20 heteroatoms. The summed E-state index contributed by atoms with van der Waals surface area (Å²) in [6.45, 7) is 7.08. The summed E-state index contributed by atoms with van der Waals surface area (Å²) in [5.41, 5.74) is 0. The number of aliphatic hydroxyl groups excluding tert-OH is 10. The molecule has 12 unspecified atom stereocenters. The van der Waals surface area contributed by atoms with Crippen LogP contribution in [0.5, 0.6) is 0 Å². The zero-order valence-electron chi connectivity index (χ0n) is 33.2. The number of rotatable bonds is 18. The van der Waals surface area contributed by atoms with Gasteiger partial charge < -0.3 is 89.0 Å². The van der Waals surface area contributed by atoms with Crippen LogP contribution >= 0.6 is 23.5 Å². The van der Waals surface area contributed by atoms with Crippen molar-refractivity contribution in [2.75, 3.05) is 50.4 Å². The highest BCUT2D eigenvalue weighted by molar-refractivity contribution is 7.99. The molecular formula is C36H68O18S2. The molecule has 56 heavy (non-hydrogen) atoms. The minimum Gasteiger partial charge on any atom is -0.394 e. The van der Waals surface area contributed by atoms with Crippen LogP contribution in [0.2, 0.25) is 0 Å². The summed E-state index contributed by atoms with van der Waals surface area (Å²) in [5.74, 6) is 1.85. The van der Waals surface area contributed by atoms with Gasteiger partial charge in [0.05, 0.1) is 49.8 Å². The van der Waals surface area contributed by atoms with E-state index in [-0.39, 0.29) is 13.2 Å². The van der Waals surface area contributed by atoms with Crippen molar-refractivity contribution in [3.63, 3.8) is 0 Å². The van der Waals surface area contributed by atoms with Gasteiger partial charge in [-0.25, -0.2) is 0 Å². The predicted molar refractivity (Wildman–Crippen MR) is 203 cm³/mol. The summed E-state index contributed by atoms with van der Waals surface area (Å²) >= 11 is 3.21. The molecule has 0 saturated carbocycles. The van der Waals surface area contributed by atoms with Gasteiger partial charge in [0.15, 0.2) is 25.2 Å². The van der Waals surface area contributed by atoms with E-state index in [2.05, 4.69) is 0 Å². The lowest BCUT2D eigenvalue weighted by atomic mass is 9.87. The van der Waals surface area contributed by atoms with Crippen LogP contribution < -0.4 is 0 Å². The van der Waals surface area contributed by atoms with Crippen LogP contribution in [-0.2, 0) is 37.9 Å². The van der Waals surface area contributed by atoms with E-state index in [0.717, 1.165) is 24.3 Å². The lowest BCUT2D eigenvalue weighted by Crippen LogP contribution is -2.63. The first-order valence-corrected chi connectivity index (χ1v) is 21.9. The van der Waals surface area contributed by atoms with Gasteiger partial charge in [-0.3, -0.25) is 0 Å². The summed E-state index contributed by atoms with van der Waals surface area (Å²) in [6.07, 6.45) is -16.6. The standard InChI is InChI=1S/2C18H34O9S/c2*1-4-6-28-8-11-16(13(21)15(23)17(24-3)26-11)27-18-14(22)12(20)9(5-2)10(7-19)25-18/h2*9-23H,4-8H2,1-3H3/t2*9?,10?,11?,12-,13+,14?,15?,16?,17-,18+/m00/s1. The Labute approximate surface area is 338 Å². The van der Waals surface area contributed by atoms with Crippen LogP contribution in [0.15, 0.2) is 0 Å². The molecule has 0 bridgehead atoms. The van der Waals surface area contributed by atoms with Crippen molar-refractivity contribution in [1.82, 2.24) is 0 Å². The third-order valence-corrected chi connectivity index (χ3v) is 13.1. The maximum absolute atomic E-state index is 10.6. The average Bonchev–Trinajstić information content (AvgIpc) is 3.20. The fourth-order valence-electron chi connectivity index (χ4n) is 7.37. The topological polar surface area (TPSA) is 276 Å². The monoisotopic (exact) mass is 852 g/mol. The quantitative estimate of drug-likeness (QED) is 0.0678. The number of methoxy groups -OCH3 is 2. The lowest BCUT2D eigenvalue weighted by Gasteiger charge is -2.46. The van der Waals surface area contributed by atoms with E-state index in [1.165, 1.54) is 14.2 Å². The van der Waals surface area contributed by atoms with Crippen molar-refractivity contribution in [2.45, 2.75) is 164 Å². The first-order chi connectivity index (χ1) is 26.8. The highest BCUT2D eigenvalue weighted by atomic mass is 32.2. The molecule has 0 aliphatic carbocycles. The highest BCUT2D eigenvalue weighted by Crippen LogP contribution is 2.35. The molecule has 4 saturated heterocycles. The molecule has 4 rings (SSSR count). The van der Waals surface area contributed by atoms with E-state index < -0.39 is 122 Å². The molecule has 0 aromatic rings. The smallest absolute Gasteiger partial charge is 0.187 e. The Kier molecular flexibility index (Phi) is 22.5. The zero-order chi connectivity index (χ0) is 41.7. The van der Waals surface area contributed by atoms with Gasteiger partial charge >= 0.3 is 0 Å². The SMILES string of the molecule is CCCSCC1O[C@H](OC)C(O)[C@@H](O)C1O[C@H]1OC(CO)C(CC)[C@H](O)C1O.CCCSCC1O[C@H](OC)C(O)[C@@H](O)C1O[C@H]1OC(CO)C(CC)[C@H](O)C1O. The number of hydrogen-bond donors (Lipinski definition) is 10.